The van der Waals surface area contributed by atoms with E-state index < -0.39 is 10.0 Å². The van der Waals surface area contributed by atoms with E-state index in [-0.39, 0.29) is 23.3 Å². The first kappa shape index (κ1) is 21.6. The van der Waals surface area contributed by atoms with E-state index in [0.717, 1.165) is 32.5 Å². The van der Waals surface area contributed by atoms with Crippen molar-refractivity contribution in [3.05, 3.63) is 29.3 Å². The molecule has 0 aromatic heterocycles. The zero-order chi connectivity index (χ0) is 20.0. The Hall–Kier alpha value is -1.15. The lowest BCUT2D eigenvalue weighted by Crippen LogP contribution is -2.45. The topological polar surface area (TPSA) is 69.7 Å². The molecule has 0 unspecified atom stereocenters. The van der Waals surface area contributed by atoms with Gasteiger partial charge in [0.25, 0.3) is 0 Å². The van der Waals surface area contributed by atoms with Crippen LogP contribution in [0.15, 0.2) is 29.2 Å². The lowest BCUT2D eigenvalue weighted by atomic mass is 9.99. The Morgan fingerprint density at radius 1 is 1.07 bits per heavy atom. The molecule has 3 rings (SSSR count). The van der Waals surface area contributed by atoms with E-state index in [1.165, 1.54) is 35.7 Å². The van der Waals surface area contributed by atoms with Gasteiger partial charge in [-0.05, 0) is 76.0 Å². The van der Waals surface area contributed by atoms with Crippen LogP contribution < -0.4 is 5.32 Å². The highest BCUT2D eigenvalue weighted by Crippen LogP contribution is 2.24. The van der Waals surface area contributed by atoms with Crippen molar-refractivity contribution in [2.24, 2.45) is 5.92 Å². The van der Waals surface area contributed by atoms with Crippen LogP contribution in [0.1, 0.15) is 38.5 Å². The minimum atomic E-state index is -3.60. The van der Waals surface area contributed by atoms with Crippen LogP contribution in [0.2, 0.25) is 5.02 Å². The Bertz CT molecular complexity index is 748. The van der Waals surface area contributed by atoms with Crippen LogP contribution in [0, 0.1) is 5.92 Å². The summed E-state index contributed by atoms with van der Waals surface area (Å²) in [5.74, 6) is -0.319. The molecule has 28 heavy (non-hydrogen) atoms. The molecule has 1 amide bonds. The monoisotopic (exact) mass is 427 g/mol. The summed E-state index contributed by atoms with van der Waals surface area (Å²) in [4.78, 5) is 15.2. The molecule has 2 heterocycles. The molecule has 0 spiro atoms. The van der Waals surface area contributed by atoms with Crippen LogP contribution in [0.5, 0.6) is 0 Å². The number of nitrogens with zero attached hydrogens (tertiary/aromatic N) is 2. The van der Waals surface area contributed by atoms with Gasteiger partial charge in [-0.25, -0.2) is 8.42 Å². The second-order valence-electron chi connectivity index (χ2n) is 7.70. The summed E-state index contributed by atoms with van der Waals surface area (Å²) in [5.41, 5.74) is 0. The molecule has 0 aliphatic carbocycles. The Balaban J connectivity index is 1.48. The highest BCUT2D eigenvalue weighted by Gasteiger charge is 2.33. The lowest BCUT2D eigenvalue weighted by Gasteiger charge is -2.31. The van der Waals surface area contributed by atoms with Crippen LogP contribution in [0.3, 0.4) is 0 Å². The van der Waals surface area contributed by atoms with Crippen LogP contribution >= 0.6 is 11.6 Å². The third-order valence-electron chi connectivity index (χ3n) is 5.61. The van der Waals surface area contributed by atoms with Gasteiger partial charge >= 0.3 is 0 Å². The molecular formula is C20H30ClN3O3S. The largest absolute Gasteiger partial charge is 0.356 e. The zero-order valence-corrected chi connectivity index (χ0v) is 17.8. The molecule has 156 valence electrons. The number of nitrogens with one attached hydrogen (secondary N) is 1. The van der Waals surface area contributed by atoms with E-state index in [2.05, 4.69) is 10.2 Å². The number of amides is 1. The summed E-state index contributed by atoms with van der Waals surface area (Å²) >= 11 is 5.86. The number of carbonyl (C=O) groups is 1. The van der Waals surface area contributed by atoms with Crippen LogP contribution in [0.4, 0.5) is 0 Å². The van der Waals surface area contributed by atoms with Gasteiger partial charge in [-0.15, -0.1) is 0 Å². The van der Waals surface area contributed by atoms with Crippen molar-refractivity contribution < 1.29 is 13.2 Å². The molecule has 1 aromatic carbocycles. The van der Waals surface area contributed by atoms with Gasteiger partial charge in [0, 0.05) is 24.7 Å². The molecule has 2 aliphatic rings. The minimum absolute atomic E-state index is 0.0327. The fraction of sp³-hybridized carbons (Fsp3) is 0.650. The van der Waals surface area contributed by atoms with Gasteiger partial charge in [0.05, 0.1) is 10.8 Å². The average molecular weight is 428 g/mol. The van der Waals surface area contributed by atoms with Crippen molar-refractivity contribution in [3.63, 3.8) is 0 Å². The van der Waals surface area contributed by atoms with E-state index in [1.807, 2.05) is 0 Å². The molecule has 6 nitrogen and oxygen atoms in total. The highest BCUT2D eigenvalue weighted by atomic mass is 35.5. The number of carbonyl (C=O) groups excluding carboxylic acids is 1. The average Bonchev–Trinajstić information content (AvgIpc) is 2.72. The Morgan fingerprint density at radius 2 is 1.79 bits per heavy atom. The van der Waals surface area contributed by atoms with Crippen molar-refractivity contribution in [2.75, 3.05) is 39.3 Å². The quantitative estimate of drug-likeness (QED) is 0.679. The fourth-order valence-corrected chi connectivity index (χ4v) is 5.62. The number of rotatable bonds is 7. The summed E-state index contributed by atoms with van der Waals surface area (Å²) in [6.07, 6.45) is 6.22. The second-order valence-corrected chi connectivity index (χ2v) is 10.1. The zero-order valence-electron chi connectivity index (χ0n) is 16.3. The van der Waals surface area contributed by atoms with E-state index in [9.17, 15) is 13.2 Å². The molecule has 2 saturated heterocycles. The van der Waals surface area contributed by atoms with Crippen molar-refractivity contribution >= 4 is 27.5 Å². The molecule has 0 bridgehead atoms. The first-order chi connectivity index (χ1) is 13.5. The van der Waals surface area contributed by atoms with E-state index in [4.69, 9.17) is 11.6 Å². The molecule has 2 fully saturated rings. The maximum atomic E-state index is 12.8. The summed E-state index contributed by atoms with van der Waals surface area (Å²) in [5, 5.41) is 3.51. The number of halogens is 1. The van der Waals surface area contributed by atoms with Gasteiger partial charge in [0.15, 0.2) is 0 Å². The highest BCUT2D eigenvalue weighted by molar-refractivity contribution is 7.89. The lowest BCUT2D eigenvalue weighted by molar-refractivity contribution is -0.126. The first-order valence-electron chi connectivity index (χ1n) is 10.2. The minimum Gasteiger partial charge on any atom is -0.356 e. The third kappa shape index (κ3) is 5.69. The number of piperidine rings is 2. The van der Waals surface area contributed by atoms with E-state index >= 15 is 0 Å². The summed E-state index contributed by atoms with van der Waals surface area (Å²) in [6, 6.07) is 6.18. The molecule has 1 N–H and O–H groups in total. The smallest absolute Gasteiger partial charge is 0.243 e. The molecular weight excluding hydrogens is 398 g/mol. The third-order valence-corrected chi connectivity index (χ3v) is 7.74. The Morgan fingerprint density at radius 3 is 2.50 bits per heavy atom. The van der Waals surface area contributed by atoms with Crippen molar-refractivity contribution in [1.29, 1.82) is 0 Å². The van der Waals surface area contributed by atoms with Gasteiger partial charge in [0.1, 0.15) is 0 Å². The normalized spacial score (nSPS) is 22.1. The second kappa shape index (κ2) is 10.1. The summed E-state index contributed by atoms with van der Waals surface area (Å²) in [6.45, 7) is 4.67. The molecule has 0 radical (unpaired) electrons. The fourth-order valence-electron chi connectivity index (χ4n) is 3.97. The van der Waals surface area contributed by atoms with Gasteiger partial charge in [-0.1, -0.05) is 18.0 Å². The summed E-state index contributed by atoms with van der Waals surface area (Å²) < 4.78 is 27.1. The standard InChI is InChI=1S/C20H30ClN3O3S/c21-18-7-9-19(10-8-18)28(26,27)24-15-4-6-17(16-24)20(25)22-11-5-14-23-12-2-1-3-13-23/h7-10,17H,1-6,11-16H2,(H,22,25)/t17-/m0/s1. The van der Waals surface area contributed by atoms with E-state index in [1.54, 1.807) is 12.1 Å². The van der Waals surface area contributed by atoms with Crippen LogP contribution in [-0.2, 0) is 14.8 Å². The Labute approximate surface area is 173 Å². The van der Waals surface area contributed by atoms with Crippen molar-refractivity contribution in [2.45, 2.75) is 43.4 Å². The van der Waals surface area contributed by atoms with Crippen molar-refractivity contribution in [1.82, 2.24) is 14.5 Å². The van der Waals surface area contributed by atoms with E-state index in [0.29, 0.717) is 24.5 Å². The Kier molecular flexibility index (Phi) is 7.74. The van der Waals surface area contributed by atoms with Gasteiger partial charge in [-0.2, -0.15) is 4.31 Å². The molecule has 8 heteroatoms. The first-order valence-corrected chi connectivity index (χ1v) is 12.0. The SMILES string of the molecule is O=C(NCCCN1CCCCC1)[C@H]1CCCN(S(=O)(=O)c2ccc(Cl)cc2)C1. The number of benzene rings is 1. The molecule has 0 saturated carbocycles. The molecule has 1 atom stereocenters. The number of sulfonamides is 1. The van der Waals surface area contributed by atoms with Gasteiger partial charge in [-0.3, -0.25) is 4.79 Å². The number of hydrogen-bond donors (Lipinski definition) is 1. The predicted molar refractivity (Wildman–Crippen MR) is 111 cm³/mol. The summed E-state index contributed by atoms with van der Waals surface area (Å²) in [7, 11) is -3.60. The van der Waals surface area contributed by atoms with Crippen LogP contribution in [-0.4, -0.2) is 62.8 Å². The van der Waals surface area contributed by atoms with Crippen LogP contribution in [0.25, 0.3) is 0 Å². The van der Waals surface area contributed by atoms with Crippen molar-refractivity contribution in [3.8, 4) is 0 Å². The predicted octanol–water partition coefficient (Wildman–Crippen LogP) is 2.73. The maximum Gasteiger partial charge on any atom is 0.243 e. The van der Waals surface area contributed by atoms with Gasteiger partial charge < -0.3 is 10.2 Å². The number of likely N-dealkylation sites (tertiary alicyclic amines) is 1. The maximum absolute atomic E-state index is 12.8. The van der Waals surface area contributed by atoms with Gasteiger partial charge in [0.2, 0.25) is 15.9 Å². The molecule has 1 aromatic rings. The molecule has 2 aliphatic heterocycles. The number of hydrogen-bond acceptors (Lipinski definition) is 4.